The zero-order chi connectivity index (χ0) is 15.9. The molecule has 0 aliphatic carbocycles. The van der Waals surface area contributed by atoms with Crippen molar-refractivity contribution in [2.75, 3.05) is 4.83 Å². The highest BCUT2D eigenvalue weighted by Crippen LogP contribution is 2.24. The molecule has 7 nitrogen and oxygen atoms in total. The number of hydrogen-bond acceptors (Lipinski definition) is 5. The van der Waals surface area contributed by atoms with Crippen molar-refractivity contribution < 1.29 is 8.42 Å². The van der Waals surface area contributed by atoms with Crippen LogP contribution in [0.1, 0.15) is 17.2 Å². The molecule has 0 saturated heterocycles. The maximum Gasteiger partial charge on any atom is 0.276 e. The topological polar surface area (TPSA) is 89.8 Å². The van der Waals surface area contributed by atoms with Crippen molar-refractivity contribution >= 4 is 20.9 Å². The molecule has 1 N–H and O–H groups in total. The number of aromatic nitrogens is 4. The highest BCUT2D eigenvalue weighted by molar-refractivity contribution is 7.92. The van der Waals surface area contributed by atoms with E-state index in [4.69, 9.17) is 0 Å². The van der Waals surface area contributed by atoms with E-state index in [1.807, 2.05) is 6.92 Å². The Labute approximate surface area is 128 Å². The number of hydrogen-bond donors (Lipinski definition) is 1. The van der Waals surface area contributed by atoms with Crippen LogP contribution < -0.4 is 4.83 Å². The summed E-state index contributed by atoms with van der Waals surface area (Å²) < 4.78 is 26.8. The van der Waals surface area contributed by atoms with E-state index in [-0.39, 0.29) is 4.90 Å². The number of fused-ring (bicyclic) bond motifs is 1. The van der Waals surface area contributed by atoms with Gasteiger partial charge in [0.2, 0.25) is 0 Å². The Balaban J connectivity index is 2.16. The van der Waals surface area contributed by atoms with Gasteiger partial charge in [0.25, 0.3) is 10.0 Å². The predicted octanol–water partition coefficient (Wildman–Crippen LogP) is 1.68. The van der Waals surface area contributed by atoms with Crippen molar-refractivity contribution in [2.24, 2.45) is 0 Å². The van der Waals surface area contributed by atoms with Crippen molar-refractivity contribution in [1.82, 2.24) is 19.9 Å². The van der Waals surface area contributed by atoms with Gasteiger partial charge in [-0.2, -0.15) is 8.42 Å². The molecule has 2 aromatic heterocycles. The number of pyridine rings is 1. The highest BCUT2D eigenvalue weighted by atomic mass is 32.2. The van der Waals surface area contributed by atoms with E-state index in [0.717, 1.165) is 5.56 Å². The average molecular weight is 317 g/mol. The fourth-order valence-electron chi connectivity index (χ4n) is 2.29. The van der Waals surface area contributed by atoms with Crippen LogP contribution in [-0.4, -0.2) is 28.3 Å². The fraction of sp³-hybridized carbons (Fsp3) is 0.214. The van der Waals surface area contributed by atoms with Crippen LogP contribution in [0.3, 0.4) is 0 Å². The Morgan fingerprint density at radius 2 is 1.73 bits per heavy atom. The summed E-state index contributed by atoms with van der Waals surface area (Å²) in [5.41, 5.74) is 1.59. The molecular weight excluding hydrogens is 302 g/mol. The van der Waals surface area contributed by atoms with Crippen LogP contribution in [0.15, 0.2) is 35.4 Å². The third kappa shape index (κ3) is 2.31. The molecule has 0 radical (unpaired) electrons. The van der Waals surface area contributed by atoms with Crippen molar-refractivity contribution in [1.29, 1.82) is 0 Å². The van der Waals surface area contributed by atoms with Crippen molar-refractivity contribution in [3.63, 3.8) is 0 Å². The van der Waals surface area contributed by atoms with Crippen LogP contribution >= 0.6 is 0 Å². The van der Waals surface area contributed by atoms with Gasteiger partial charge in [-0.15, -0.1) is 10.2 Å². The van der Waals surface area contributed by atoms with Crippen LogP contribution in [0.4, 0.5) is 0 Å². The van der Waals surface area contributed by atoms with Gasteiger partial charge in [0.1, 0.15) is 11.6 Å². The number of nitrogens with zero attached hydrogens (tertiary/aromatic N) is 4. The van der Waals surface area contributed by atoms with Crippen LogP contribution in [0.2, 0.25) is 0 Å². The second-order valence-corrected chi connectivity index (χ2v) is 6.63. The second kappa shape index (κ2) is 5.06. The molecule has 3 rings (SSSR count). The lowest BCUT2D eigenvalue weighted by molar-refractivity contribution is 0.594. The van der Waals surface area contributed by atoms with Gasteiger partial charge in [0.15, 0.2) is 0 Å². The summed E-state index contributed by atoms with van der Waals surface area (Å²) in [6.45, 7) is 5.25. The first-order chi connectivity index (χ1) is 10.4. The summed E-state index contributed by atoms with van der Waals surface area (Å²) in [6.07, 6.45) is 1.65. The van der Waals surface area contributed by atoms with Crippen molar-refractivity contribution in [2.45, 2.75) is 25.7 Å². The average Bonchev–Trinajstić information content (AvgIpc) is 2.79. The monoisotopic (exact) mass is 317 g/mol. The third-order valence-electron chi connectivity index (χ3n) is 3.42. The first-order valence-electron chi connectivity index (χ1n) is 6.66. The zero-order valence-electron chi connectivity index (χ0n) is 12.4. The van der Waals surface area contributed by atoms with Crippen molar-refractivity contribution in [3.8, 4) is 0 Å². The first kappa shape index (κ1) is 14.5. The Bertz CT molecular complexity index is 943. The third-order valence-corrected chi connectivity index (χ3v) is 4.78. The van der Waals surface area contributed by atoms with Gasteiger partial charge in [-0.05, 0) is 44.5 Å². The molecule has 0 saturated carbocycles. The van der Waals surface area contributed by atoms with Crippen LogP contribution in [0.5, 0.6) is 0 Å². The smallest absolute Gasteiger partial charge is 0.256 e. The molecule has 0 unspecified atom stereocenters. The lowest BCUT2D eigenvalue weighted by Crippen LogP contribution is -2.25. The van der Waals surface area contributed by atoms with Gasteiger partial charge >= 0.3 is 0 Å². The van der Waals surface area contributed by atoms with Gasteiger partial charge in [0, 0.05) is 11.6 Å². The molecular formula is C14H15N5O2S. The largest absolute Gasteiger partial charge is 0.276 e. The van der Waals surface area contributed by atoms with E-state index in [0.29, 0.717) is 22.6 Å². The standard InChI is InChI=1S/C14H15N5O2S/c1-9-6-7-13(12-5-4-8-15-14(9)12)22(20,21)18-19-10(2)16-17-11(19)3/h4-8,18H,1-3H3. The minimum Gasteiger partial charge on any atom is -0.256 e. The van der Waals surface area contributed by atoms with Crippen LogP contribution in [0.25, 0.3) is 10.9 Å². The summed E-state index contributed by atoms with van der Waals surface area (Å²) in [5.74, 6) is 0.936. The summed E-state index contributed by atoms with van der Waals surface area (Å²) in [6, 6.07) is 6.79. The summed E-state index contributed by atoms with van der Waals surface area (Å²) in [7, 11) is -3.78. The molecule has 0 amide bonds. The zero-order valence-corrected chi connectivity index (χ0v) is 13.2. The fourth-order valence-corrected chi connectivity index (χ4v) is 3.60. The van der Waals surface area contributed by atoms with E-state index in [1.54, 1.807) is 44.3 Å². The summed E-state index contributed by atoms with van der Waals surface area (Å²) in [4.78, 5) is 6.94. The number of sulfonamides is 1. The Kier molecular flexibility index (Phi) is 3.32. The first-order valence-corrected chi connectivity index (χ1v) is 8.14. The second-order valence-electron chi connectivity index (χ2n) is 5.00. The lowest BCUT2D eigenvalue weighted by atomic mass is 10.1. The van der Waals surface area contributed by atoms with E-state index < -0.39 is 10.0 Å². The summed E-state index contributed by atoms with van der Waals surface area (Å²) in [5, 5.41) is 8.27. The normalized spacial score (nSPS) is 11.8. The molecule has 22 heavy (non-hydrogen) atoms. The number of rotatable bonds is 3. The van der Waals surface area contributed by atoms with Gasteiger partial charge in [-0.3, -0.25) is 4.98 Å². The molecule has 1 aromatic carbocycles. The van der Waals surface area contributed by atoms with E-state index in [2.05, 4.69) is 20.0 Å². The minimum absolute atomic E-state index is 0.175. The molecule has 0 aliphatic heterocycles. The van der Waals surface area contributed by atoms with E-state index >= 15 is 0 Å². The van der Waals surface area contributed by atoms with Gasteiger partial charge in [-0.25, -0.2) is 9.51 Å². The van der Waals surface area contributed by atoms with Gasteiger partial charge < -0.3 is 0 Å². The maximum atomic E-state index is 12.7. The Morgan fingerprint density at radius 3 is 2.41 bits per heavy atom. The van der Waals surface area contributed by atoms with Crippen LogP contribution in [-0.2, 0) is 10.0 Å². The molecule has 0 atom stereocenters. The minimum atomic E-state index is -3.78. The van der Waals surface area contributed by atoms with Gasteiger partial charge in [-0.1, -0.05) is 6.07 Å². The Hall–Kier alpha value is -2.48. The van der Waals surface area contributed by atoms with E-state index in [1.165, 1.54) is 4.68 Å². The molecule has 2 heterocycles. The lowest BCUT2D eigenvalue weighted by Gasteiger charge is -2.13. The molecule has 114 valence electrons. The molecule has 0 aliphatic rings. The summed E-state index contributed by atoms with van der Waals surface area (Å²) >= 11 is 0. The molecule has 0 fully saturated rings. The molecule has 3 aromatic rings. The molecule has 0 spiro atoms. The van der Waals surface area contributed by atoms with E-state index in [9.17, 15) is 8.42 Å². The quantitative estimate of drug-likeness (QED) is 0.794. The predicted molar refractivity (Wildman–Crippen MR) is 82.5 cm³/mol. The van der Waals surface area contributed by atoms with Crippen molar-refractivity contribution in [3.05, 3.63) is 47.7 Å². The molecule has 0 bridgehead atoms. The van der Waals surface area contributed by atoms with Crippen LogP contribution in [0, 0.1) is 20.8 Å². The molecule has 8 heteroatoms. The number of benzene rings is 1. The maximum absolute atomic E-state index is 12.7. The highest BCUT2D eigenvalue weighted by Gasteiger charge is 2.20. The SMILES string of the molecule is Cc1ccc(S(=O)(=O)Nn2c(C)nnc2C)c2cccnc12. The Morgan fingerprint density at radius 1 is 1.05 bits per heavy atom. The van der Waals surface area contributed by atoms with Gasteiger partial charge in [0.05, 0.1) is 10.4 Å². The number of aryl methyl sites for hydroxylation is 3. The number of nitrogens with one attached hydrogen (secondary N) is 1.